The van der Waals surface area contributed by atoms with Crippen molar-refractivity contribution in [2.75, 3.05) is 7.05 Å². The van der Waals surface area contributed by atoms with E-state index in [1.807, 2.05) is 36.4 Å². The highest BCUT2D eigenvalue weighted by molar-refractivity contribution is 6.19. The van der Waals surface area contributed by atoms with E-state index in [2.05, 4.69) is 0 Å². The molecule has 2 heterocycles. The van der Waals surface area contributed by atoms with E-state index in [0.29, 0.717) is 22.7 Å². The first-order valence-corrected chi connectivity index (χ1v) is 10.5. The minimum Gasteiger partial charge on any atom is -0.457 e. The highest BCUT2D eigenvalue weighted by Gasteiger charge is 2.33. The van der Waals surface area contributed by atoms with Crippen LogP contribution in [0.15, 0.2) is 87.9 Å². The van der Waals surface area contributed by atoms with Crippen LogP contribution in [-0.4, -0.2) is 29.7 Å². The lowest BCUT2D eigenvalue weighted by atomic mass is 9.95. The van der Waals surface area contributed by atoms with E-state index in [9.17, 15) is 19.6 Å². The summed E-state index contributed by atoms with van der Waals surface area (Å²) in [6.07, 6.45) is 1.51. The van der Waals surface area contributed by atoms with Crippen molar-refractivity contribution in [2.24, 2.45) is 0 Å². The van der Waals surface area contributed by atoms with E-state index in [1.54, 1.807) is 43.3 Å². The summed E-state index contributed by atoms with van der Waals surface area (Å²) in [5, 5.41) is 9.28. The van der Waals surface area contributed by atoms with Crippen molar-refractivity contribution in [3.63, 3.8) is 0 Å². The number of imide groups is 1. The van der Waals surface area contributed by atoms with Crippen LogP contribution in [0.5, 0.6) is 0 Å². The molecular formula is C27H20N2O5. The molecule has 7 heteroatoms. The van der Waals surface area contributed by atoms with Crippen molar-refractivity contribution in [2.45, 2.75) is 13.5 Å². The standard InChI is InChI=1S/C27H20N2O5/c1-17-22(25(30)29(2)26(31)23(17)15-28)14-21-12-13-24(34-21)19-8-10-20(11-9-19)27(32)33-16-18-6-4-3-5-7-18/h3-14H,16H2,1-2H3/b22-14-. The quantitative estimate of drug-likeness (QED) is 0.320. The second-order valence-electron chi connectivity index (χ2n) is 7.68. The fourth-order valence-corrected chi connectivity index (χ4v) is 3.50. The minimum atomic E-state index is -0.621. The molecule has 0 saturated heterocycles. The van der Waals surface area contributed by atoms with Gasteiger partial charge in [-0.15, -0.1) is 0 Å². The number of carbonyl (C=O) groups excluding carboxylic acids is 3. The first kappa shape index (κ1) is 22.5. The first-order valence-electron chi connectivity index (χ1n) is 10.5. The molecule has 4 rings (SSSR count). The third-order valence-corrected chi connectivity index (χ3v) is 5.48. The lowest BCUT2D eigenvalue weighted by Gasteiger charge is -2.23. The molecule has 1 aliphatic rings. The Bertz CT molecular complexity index is 1370. The molecule has 0 bridgehead atoms. The van der Waals surface area contributed by atoms with Crippen molar-refractivity contribution in [3.8, 4) is 17.4 Å². The van der Waals surface area contributed by atoms with Crippen LogP contribution in [0.25, 0.3) is 17.4 Å². The maximum atomic E-state index is 12.5. The molecule has 0 radical (unpaired) electrons. The Balaban J connectivity index is 1.51. The highest BCUT2D eigenvalue weighted by atomic mass is 16.5. The molecular weight excluding hydrogens is 432 g/mol. The molecule has 0 aliphatic carbocycles. The molecule has 7 nitrogen and oxygen atoms in total. The Labute approximate surface area is 196 Å². The van der Waals surface area contributed by atoms with Crippen molar-refractivity contribution >= 4 is 23.9 Å². The summed E-state index contributed by atoms with van der Waals surface area (Å²) in [7, 11) is 1.34. The number of rotatable bonds is 5. The van der Waals surface area contributed by atoms with Crippen molar-refractivity contribution in [1.82, 2.24) is 4.90 Å². The van der Waals surface area contributed by atoms with Crippen LogP contribution in [0.4, 0.5) is 0 Å². The third kappa shape index (κ3) is 4.43. The zero-order chi connectivity index (χ0) is 24.2. The molecule has 0 atom stereocenters. The van der Waals surface area contributed by atoms with Gasteiger partial charge in [0.2, 0.25) is 0 Å². The molecule has 0 spiro atoms. The van der Waals surface area contributed by atoms with Gasteiger partial charge in [0.25, 0.3) is 11.8 Å². The van der Waals surface area contributed by atoms with Gasteiger partial charge in [0, 0.05) is 18.2 Å². The van der Waals surface area contributed by atoms with Crippen molar-refractivity contribution < 1.29 is 23.5 Å². The van der Waals surface area contributed by atoms with E-state index in [4.69, 9.17) is 9.15 Å². The number of esters is 1. The third-order valence-electron chi connectivity index (χ3n) is 5.48. The molecule has 0 unspecified atom stereocenters. The number of ether oxygens (including phenoxy) is 1. The van der Waals surface area contributed by atoms with Gasteiger partial charge in [-0.05, 0) is 48.4 Å². The zero-order valence-electron chi connectivity index (χ0n) is 18.6. The smallest absolute Gasteiger partial charge is 0.338 e. The number of hydrogen-bond acceptors (Lipinski definition) is 6. The minimum absolute atomic E-state index is 0.0742. The number of furan rings is 1. The predicted molar refractivity (Wildman–Crippen MR) is 124 cm³/mol. The Morgan fingerprint density at radius 3 is 2.41 bits per heavy atom. The van der Waals surface area contributed by atoms with Crippen molar-refractivity contribution in [3.05, 3.63) is 100 Å². The van der Waals surface area contributed by atoms with Gasteiger partial charge in [0.05, 0.1) is 5.56 Å². The molecule has 1 aromatic heterocycles. The van der Waals surface area contributed by atoms with Gasteiger partial charge in [0.1, 0.15) is 29.8 Å². The van der Waals surface area contributed by atoms with Gasteiger partial charge in [-0.2, -0.15) is 5.26 Å². The lowest BCUT2D eigenvalue weighted by Crippen LogP contribution is -2.39. The highest BCUT2D eigenvalue weighted by Crippen LogP contribution is 2.29. The number of likely N-dealkylation sites (N-methyl/N-ethyl adjacent to an activating group) is 1. The van der Waals surface area contributed by atoms with E-state index < -0.39 is 17.8 Å². The van der Waals surface area contributed by atoms with E-state index in [1.165, 1.54) is 13.1 Å². The summed E-state index contributed by atoms with van der Waals surface area (Å²) in [6.45, 7) is 1.76. The van der Waals surface area contributed by atoms with Gasteiger partial charge >= 0.3 is 5.97 Å². The predicted octanol–water partition coefficient (Wildman–Crippen LogP) is 4.53. The maximum Gasteiger partial charge on any atom is 0.338 e. The Morgan fingerprint density at radius 2 is 1.74 bits per heavy atom. The lowest BCUT2D eigenvalue weighted by molar-refractivity contribution is -0.138. The van der Waals surface area contributed by atoms with Gasteiger partial charge in [0.15, 0.2) is 0 Å². The van der Waals surface area contributed by atoms with E-state index >= 15 is 0 Å². The van der Waals surface area contributed by atoms with Gasteiger partial charge in [-0.1, -0.05) is 42.5 Å². The van der Waals surface area contributed by atoms with Gasteiger partial charge in [-0.3, -0.25) is 14.5 Å². The number of carbonyl (C=O) groups is 3. The van der Waals surface area contributed by atoms with Crippen LogP contribution in [-0.2, 0) is 20.9 Å². The largest absolute Gasteiger partial charge is 0.457 e. The first-order chi connectivity index (χ1) is 16.4. The molecule has 0 fully saturated rings. The normalized spacial score (nSPS) is 15.0. The monoisotopic (exact) mass is 452 g/mol. The van der Waals surface area contributed by atoms with Crippen molar-refractivity contribution in [1.29, 1.82) is 5.26 Å². The fraction of sp³-hybridized carbons (Fsp3) is 0.111. The number of nitriles is 1. The average molecular weight is 452 g/mol. The van der Waals surface area contributed by atoms with Gasteiger partial charge < -0.3 is 9.15 Å². The van der Waals surface area contributed by atoms with Crippen LogP contribution in [0.1, 0.15) is 28.6 Å². The molecule has 34 heavy (non-hydrogen) atoms. The second-order valence-corrected chi connectivity index (χ2v) is 7.68. The number of amides is 2. The molecule has 168 valence electrons. The summed E-state index contributed by atoms with van der Waals surface area (Å²) >= 11 is 0. The summed E-state index contributed by atoms with van der Waals surface area (Å²) in [6, 6.07) is 21.5. The van der Waals surface area contributed by atoms with Gasteiger partial charge in [-0.25, -0.2) is 4.79 Å². The maximum absolute atomic E-state index is 12.5. The second kappa shape index (κ2) is 9.43. The topological polar surface area (TPSA) is 101 Å². The Kier molecular flexibility index (Phi) is 6.24. The molecule has 1 aliphatic heterocycles. The molecule has 2 amide bonds. The van der Waals surface area contributed by atoms with Crippen LogP contribution in [0, 0.1) is 11.3 Å². The molecule has 0 N–H and O–H groups in total. The summed E-state index contributed by atoms with van der Waals surface area (Å²) in [5.74, 6) is -0.622. The zero-order valence-corrected chi connectivity index (χ0v) is 18.6. The fourth-order valence-electron chi connectivity index (χ4n) is 3.50. The number of hydrogen-bond donors (Lipinski definition) is 0. The summed E-state index contributed by atoms with van der Waals surface area (Å²) in [4.78, 5) is 37.9. The summed E-state index contributed by atoms with van der Waals surface area (Å²) in [5.41, 5.74) is 2.51. The molecule has 0 saturated carbocycles. The van der Waals surface area contributed by atoms with Crippen LogP contribution in [0.2, 0.25) is 0 Å². The molecule has 3 aromatic rings. The van der Waals surface area contributed by atoms with Crippen LogP contribution < -0.4 is 0 Å². The summed E-state index contributed by atoms with van der Waals surface area (Å²) < 4.78 is 11.2. The van der Waals surface area contributed by atoms with E-state index in [0.717, 1.165) is 16.0 Å². The Morgan fingerprint density at radius 1 is 1.03 bits per heavy atom. The SMILES string of the molecule is CC1=C(C#N)C(=O)N(C)C(=O)/C1=C\c1ccc(-c2ccc(C(=O)OCc3ccccc3)cc2)o1. The average Bonchev–Trinajstić information content (AvgIpc) is 3.34. The molecule has 2 aromatic carbocycles. The number of nitrogens with zero attached hydrogens (tertiary/aromatic N) is 2. The van der Waals surface area contributed by atoms with E-state index in [-0.39, 0.29) is 17.8 Å². The van der Waals surface area contributed by atoms with Crippen LogP contribution >= 0.6 is 0 Å². The van der Waals surface area contributed by atoms with Crippen LogP contribution in [0.3, 0.4) is 0 Å². The Hall–Kier alpha value is -4.70. The number of benzene rings is 2.